The number of hydrogen-bond acceptors (Lipinski definition) is 8. The minimum Gasteiger partial charge on any atom is -0.423 e. The van der Waals surface area contributed by atoms with Gasteiger partial charge in [0.25, 0.3) is 0 Å². The summed E-state index contributed by atoms with van der Waals surface area (Å²) in [7, 11) is -3.49. The van der Waals surface area contributed by atoms with Gasteiger partial charge in [-0.3, -0.25) is 9.97 Å². The number of halogens is 7. The maximum atomic E-state index is 14.3. The molecule has 0 aliphatic heterocycles. The zero-order chi connectivity index (χ0) is 90.0. The van der Waals surface area contributed by atoms with Crippen molar-refractivity contribution in [1.29, 1.82) is 0 Å². The average molecular weight is 2160 g/mol. The third-order valence-electron chi connectivity index (χ3n) is 19.7. The molecule has 6 heterocycles. The Morgan fingerprint density at radius 1 is 0.282 bits per heavy atom. The van der Waals surface area contributed by atoms with Gasteiger partial charge in [-0.1, -0.05) is 393 Å². The van der Waals surface area contributed by atoms with Gasteiger partial charge in [0, 0.05) is 108 Å². The van der Waals surface area contributed by atoms with Gasteiger partial charge < -0.3 is 10.0 Å². The molecule has 21 heteroatoms. The van der Waals surface area contributed by atoms with Gasteiger partial charge in [-0.25, -0.2) is 28.7 Å². The van der Waals surface area contributed by atoms with Crippen molar-refractivity contribution in [3.05, 3.63) is 520 Å². The van der Waals surface area contributed by atoms with Gasteiger partial charge in [-0.05, 0) is 240 Å². The van der Waals surface area contributed by atoms with Gasteiger partial charge in [0.2, 0.25) is 0 Å². The van der Waals surface area contributed by atoms with Crippen molar-refractivity contribution in [1.82, 2.24) is 29.9 Å². The summed E-state index contributed by atoms with van der Waals surface area (Å²) < 4.78 is 31.3. The summed E-state index contributed by atoms with van der Waals surface area (Å²) in [6.07, 6.45) is 10.2. The molecule has 14 aromatic carbocycles. The summed E-state index contributed by atoms with van der Waals surface area (Å²) in [5, 5.41) is 37.9. The smallest absolute Gasteiger partial charge is 0.423 e. The van der Waals surface area contributed by atoms with Crippen LogP contribution in [0.25, 0.3) is 55.7 Å². The normalized spacial score (nSPS) is 10.5. The van der Waals surface area contributed by atoms with E-state index >= 15 is 0 Å². The van der Waals surface area contributed by atoms with Crippen LogP contribution in [0.3, 0.4) is 0 Å². The molecule has 8 nitrogen and oxygen atoms in total. The van der Waals surface area contributed by atoms with Gasteiger partial charge in [-0.15, -0.1) is 0 Å². The standard InChI is InChI=1S/C19H10BrClFN3.4C18H15P.C14H9BClFN2O2.C5H3BrIN.Pd/c20-12-6-11(9-23-10-12)15-8-18(16-7-13(21)3-4-17(16)22)25-19-14(15)2-1-5-24-19;4*1-4-10-16(11-5-1)19(17-12-6-2-7-13-17)18-14-8-3-9-15-18;16-8-3-4-12(17)10(6-8)13-7-11(15(20)21)9-2-1-5-18-14(9)19-13;6-4-1-5(7)3-8-2-4;/h1-10H;4*1-15H;1-7,20-21H;1-3H;. The third-order valence-corrected chi connectivity index (χ3v) is 31.4. The van der Waals surface area contributed by atoms with Crippen molar-refractivity contribution in [2.75, 3.05) is 0 Å². The number of pyridine rings is 6. The van der Waals surface area contributed by atoms with E-state index in [0.717, 1.165) is 29.0 Å². The molecular weight excluding hydrogens is 2070 g/mol. The van der Waals surface area contributed by atoms with Crippen LogP contribution in [0.1, 0.15) is 0 Å². The summed E-state index contributed by atoms with van der Waals surface area (Å²) in [6.45, 7) is 0. The molecule has 646 valence electrons. The van der Waals surface area contributed by atoms with Crippen molar-refractivity contribution < 1.29 is 39.3 Å². The van der Waals surface area contributed by atoms with Gasteiger partial charge in [0.1, 0.15) is 11.6 Å². The van der Waals surface area contributed by atoms with Crippen molar-refractivity contribution in [3.63, 3.8) is 0 Å². The topological polar surface area (TPSA) is 118 Å². The van der Waals surface area contributed by atoms with Crippen molar-refractivity contribution >= 4 is 208 Å². The van der Waals surface area contributed by atoms with Crippen LogP contribution in [-0.4, -0.2) is 47.1 Å². The molecular formula is C110H82BBr2Cl2F2IN6O2P4Pd. The number of benzene rings is 14. The summed E-state index contributed by atoms with van der Waals surface area (Å²) in [5.74, 6) is -0.883. The third kappa shape index (κ3) is 28.0. The number of aromatic nitrogens is 6. The Morgan fingerprint density at radius 2 is 0.542 bits per heavy atom. The molecule has 20 rings (SSSR count). The first-order valence-electron chi connectivity index (χ1n) is 41.2. The molecule has 0 saturated heterocycles. The summed E-state index contributed by atoms with van der Waals surface area (Å²) >= 11 is 20.9. The van der Waals surface area contributed by atoms with Gasteiger partial charge >= 0.3 is 7.12 Å². The Balaban J connectivity index is 0.000000132. The van der Waals surface area contributed by atoms with Gasteiger partial charge in [0.05, 0.1) is 11.4 Å². The Bertz CT molecular complexity index is 6040. The van der Waals surface area contributed by atoms with Crippen molar-refractivity contribution in [2.24, 2.45) is 0 Å². The summed E-state index contributed by atoms with van der Waals surface area (Å²) in [6, 6.07) is 152. The van der Waals surface area contributed by atoms with Crippen molar-refractivity contribution in [3.8, 4) is 33.6 Å². The molecule has 0 fully saturated rings. The van der Waals surface area contributed by atoms with Crippen molar-refractivity contribution in [2.45, 2.75) is 0 Å². The van der Waals surface area contributed by atoms with Gasteiger partial charge in [0.15, 0.2) is 11.3 Å². The average Bonchev–Trinajstić information content (AvgIpc) is 0.776. The maximum Gasteiger partial charge on any atom is 0.489 e. The second kappa shape index (κ2) is 51.1. The van der Waals surface area contributed by atoms with E-state index in [1.165, 1.54) is 106 Å². The summed E-state index contributed by atoms with van der Waals surface area (Å²) in [4.78, 5) is 25.3. The second-order valence-corrected chi connectivity index (χ2v) is 41.4. The zero-order valence-corrected chi connectivity index (χ0v) is 82.1. The van der Waals surface area contributed by atoms with Crippen LogP contribution in [0.4, 0.5) is 8.78 Å². The van der Waals surface area contributed by atoms with E-state index in [9.17, 15) is 18.8 Å². The first-order valence-corrected chi connectivity index (χ1v) is 50.0. The molecule has 0 spiro atoms. The first-order chi connectivity index (χ1) is 63.8. The van der Waals surface area contributed by atoms with Crippen LogP contribution in [0.15, 0.2) is 495 Å². The quantitative estimate of drug-likeness (QED) is 0.0558. The van der Waals surface area contributed by atoms with E-state index in [-0.39, 0.29) is 43.0 Å². The van der Waals surface area contributed by atoms with Crippen LogP contribution in [-0.2, 0) is 20.4 Å². The monoisotopic (exact) mass is 2150 g/mol. The Morgan fingerprint density at radius 3 is 0.802 bits per heavy atom. The first kappa shape index (κ1) is 97.5. The molecule has 0 amide bonds. The molecule has 0 aliphatic rings. The van der Waals surface area contributed by atoms with E-state index in [0.29, 0.717) is 38.0 Å². The predicted octanol–water partition coefficient (Wildman–Crippen LogP) is 23.9. The SMILES string of the molecule is Brc1cncc(I)c1.Fc1ccc(Cl)cc1-c1cc(-c2cncc(Br)c2)c2cccnc2n1.OB(O)c1cc(-c2cc(Cl)ccc2F)nc2ncccc12.[Pd].c1ccc(P(c2ccccc2)c2ccccc2)cc1.c1ccc(P(c2ccccc2)c2ccccc2)cc1.c1ccc(P(c2ccccc2)c2ccccc2)cc1.c1ccc(P(c2ccccc2)c2ccccc2)cc1. The largest absolute Gasteiger partial charge is 0.489 e. The van der Waals surface area contributed by atoms with E-state index in [1.54, 1.807) is 43.0 Å². The molecule has 0 atom stereocenters. The van der Waals surface area contributed by atoms with Crippen LogP contribution in [0.2, 0.25) is 10.0 Å². The molecule has 0 radical (unpaired) electrons. The Kier molecular flexibility index (Phi) is 38.1. The van der Waals surface area contributed by atoms with Crippen LogP contribution in [0.5, 0.6) is 0 Å². The number of rotatable bonds is 16. The molecule has 2 N–H and O–H groups in total. The molecule has 6 aromatic heterocycles. The molecule has 131 heavy (non-hydrogen) atoms. The minimum atomic E-state index is -1.71. The van der Waals surface area contributed by atoms with E-state index in [2.05, 4.69) is 448 Å². The van der Waals surface area contributed by atoms with E-state index < -0.39 is 44.6 Å². The van der Waals surface area contributed by atoms with E-state index in [1.807, 2.05) is 36.5 Å². The fraction of sp³-hybridized carbons (Fsp3) is 0. The van der Waals surface area contributed by atoms with Crippen LogP contribution >= 0.6 is 109 Å². The fourth-order valence-corrected chi connectivity index (χ4v) is 25.1. The fourth-order valence-electron chi connectivity index (χ4n) is 13.9. The molecule has 0 aliphatic carbocycles. The molecule has 0 bridgehead atoms. The molecule has 0 saturated carbocycles. The van der Waals surface area contributed by atoms with Gasteiger partial charge in [-0.2, -0.15) is 0 Å². The second-order valence-electron chi connectivity index (χ2n) is 28.6. The molecule has 20 aromatic rings. The predicted molar refractivity (Wildman–Crippen MR) is 566 cm³/mol. The zero-order valence-electron chi connectivity index (χ0n) is 70.1. The van der Waals surface area contributed by atoms with Crippen LogP contribution < -0.4 is 69.1 Å². The van der Waals surface area contributed by atoms with E-state index in [4.69, 9.17) is 23.2 Å². The summed E-state index contributed by atoms with van der Waals surface area (Å²) in [5.41, 5.74) is 4.04. The minimum absolute atomic E-state index is 0. The van der Waals surface area contributed by atoms with Crippen LogP contribution in [0, 0.1) is 15.2 Å². The molecule has 0 unspecified atom stereocenters. The number of fused-ring (bicyclic) bond motifs is 2. The number of hydrogen-bond donors (Lipinski definition) is 2. The number of nitrogens with zero attached hydrogens (tertiary/aromatic N) is 6. The maximum absolute atomic E-state index is 14.3. The Hall–Kier alpha value is -11.0. The Labute approximate surface area is 822 Å².